The molecule has 2 aromatic rings. The van der Waals surface area contributed by atoms with E-state index in [1.54, 1.807) is 13.3 Å². The van der Waals surface area contributed by atoms with Crippen molar-refractivity contribution in [2.75, 3.05) is 7.11 Å². The number of H-pyrrole nitrogens is 1. The largest absolute Gasteiger partial charge is 0.497 e. The van der Waals surface area contributed by atoms with Crippen molar-refractivity contribution in [3.63, 3.8) is 0 Å². The number of aromatic nitrogens is 2. The Hall–Kier alpha value is -2.34. The van der Waals surface area contributed by atoms with Crippen LogP contribution in [-0.4, -0.2) is 28.2 Å². The van der Waals surface area contributed by atoms with Gasteiger partial charge in [-0.05, 0) is 29.8 Å². The van der Waals surface area contributed by atoms with Gasteiger partial charge in [0.15, 0.2) is 6.04 Å². The first-order valence-electron chi connectivity index (χ1n) is 5.29. The number of nitrogens with two attached hydrogens (primary N) is 1. The molecule has 0 aliphatic heterocycles. The highest BCUT2D eigenvalue weighted by Crippen LogP contribution is 2.21. The lowest BCUT2D eigenvalue weighted by Gasteiger charge is -2.02. The lowest BCUT2D eigenvalue weighted by molar-refractivity contribution is -0.138. The van der Waals surface area contributed by atoms with Crippen LogP contribution in [0.1, 0.15) is 11.9 Å². The average Bonchev–Trinajstić information content (AvgIpc) is 2.87. The van der Waals surface area contributed by atoms with Crippen LogP contribution >= 0.6 is 0 Å². The lowest BCUT2D eigenvalue weighted by Crippen LogP contribution is -2.21. The number of carboxylic acid groups (broad SMARTS) is 1. The number of benzene rings is 1. The van der Waals surface area contributed by atoms with Gasteiger partial charge in [-0.15, -0.1) is 0 Å². The predicted octanol–water partition coefficient (Wildman–Crippen LogP) is 1.17. The molecule has 18 heavy (non-hydrogen) atoms. The second-order valence-corrected chi connectivity index (χ2v) is 3.73. The molecule has 6 nitrogen and oxygen atoms in total. The zero-order valence-electron chi connectivity index (χ0n) is 9.75. The predicted molar refractivity (Wildman–Crippen MR) is 65.1 cm³/mol. The first kappa shape index (κ1) is 12.1. The van der Waals surface area contributed by atoms with Gasteiger partial charge in [0.1, 0.15) is 11.6 Å². The highest BCUT2D eigenvalue weighted by molar-refractivity contribution is 5.74. The molecule has 0 amide bonds. The Balaban J connectivity index is 2.26. The van der Waals surface area contributed by atoms with Gasteiger partial charge in [-0.2, -0.15) is 0 Å². The number of hydrogen-bond donors (Lipinski definition) is 3. The minimum absolute atomic E-state index is 0.230. The summed E-state index contributed by atoms with van der Waals surface area (Å²) in [5.74, 6) is -0.139. The Kier molecular flexibility index (Phi) is 3.29. The Labute approximate surface area is 103 Å². The van der Waals surface area contributed by atoms with E-state index in [4.69, 9.17) is 15.6 Å². The van der Waals surface area contributed by atoms with Crippen molar-refractivity contribution >= 4 is 5.97 Å². The van der Waals surface area contributed by atoms with Crippen LogP contribution in [0.5, 0.6) is 5.75 Å². The summed E-state index contributed by atoms with van der Waals surface area (Å²) < 4.78 is 5.06. The summed E-state index contributed by atoms with van der Waals surface area (Å²) in [7, 11) is 1.59. The van der Waals surface area contributed by atoms with Crippen molar-refractivity contribution in [3.05, 3.63) is 36.3 Å². The quantitative estimate of drug-likeness (QED) is 0.752. The van der Waals surface area contributed by atoms with E-state index < -0.39 is 12.0 Å². The zero-order valence-corrected chi connectivity index (χ0v) is 9.75. The minimum Gasteiger partial charge on any atom is -0.497 e. The molecule has 1 unspecified atom stereocenters. The number of ether oxygens (including phenoxy) is 1. The van der Waals surface area contributed by atoms with E-state index in [0.717, 1.165) is 11.3 Å². The first-order valence-corrected chi connectivity index (χ1v) is 5.29. The second-order valence-electron chi connectivity index (χ2n) is 3.73. The fourth-order valence-electron chi connectivity index (χ4n) is 1.53. The van der Waals surface area contributed by atoms with Gasteiger partial charge in [0.05, 0.1) is 19.0 Å². The molecule has 2 rings (SSSR count). The fourth-order valence-corrected chi connectivity index (χ4v) is 1.53. The lowest BCUT2D eigenvalue weighted by atomic mass is 10.2. The number of carbonyl (C=O) groups is 1. The van der Waals surface area contributed by atoms with Gasteiger partial charge in [0, 0.05) is 0 Å². The van der Waals surface area contributed by atoms with Crippen molar-refractivity contribution in [2.45, 2.75) is 6.04 Å². The normalized spacial score (nSPS) is 12.1. The number of nitrogens with one attached hydrogen (secondary N) is 1. The van der Waals surface area contributed by atoms with Crippen molar-refractivity contribution in [3.8, 4) is 17.0 Å². The zero-order chi connectivity index (χ0) is 13.1. The summed E-state index contributed by atoms with van der Waals surface area (Å²) in [6.45, 7) is 0. The van der Waals surface area contributed by atoms with Crippen molar-refractivity contribution in [1.29, 1.82) is 0 Å². The van der Waals surface area contributed by atoms with Crippen molar-refractivity contribution in [1.82, 2.24) is 9.97 Å². The summed E-state index contributed by atoms with van der Waals surface area (Å²) in [6.07, 6.45) is 1.56. The SMILES string of the molecule is COc1ccc(-c2cnc(C(N)C(=O)O)[nH]2)cc1. The third-order valence-corrected chi connectivity index (χ3v) is 2.56. The van der Waals surface area contributed by atoms with Crippen molar-refractivity contribution < 1.29 is 14.6 Å². The van der Waals surface area contributed by atoms with E-state index in [9.17, 15) is 4.79 Å². The summed E-state index contributed by atoms with van der Waals surface area (Å²) in [5.41, 5.74) is 7.06. The molecular formula is C12H13N3O3. The number of rotatable bonds is 4. The average molecular weight is 247 g/mol. The maximum atomic E-state index is 10.7. The number of imidazole rings is 1. The van der Waals surface area contributed by atoms with E-state index in [2.05, 4.69) is 9.97 Å². The monoisotopic (exact) mass is 247 g/mol. The Bertz CT molecular complexity index is 548. The fraction of sp³-hybridized carbons (Fsp3) is 0.167. The molecule has 0 saturated heterocycles. The van der Waals surface area contributed by atoms with Crippen LogP contribution in [0.2, 0.25) is 0 Å². The molecule has 0 radical (unpaired) electrons. The topological polar surface area (TPSA) is 101 Å². The van der Waals surface area contributed by atoms with Gasteiger partial charge in [-0.1, -0.05) is 0 Å². The third-order valence-electron chi connectivity index (χ3n) is 2.56. The molecule has 0 aliphatic carbocycles. The van der Waals surface area contributed by atoms with E-state index in [1.807, 2.05) is 24.3 Å². The highest BCUT2D eigenvalue weighted by Gasteiger charge is 2.17. The van der Waals surface area contributed by atoms with E-state index in [0.29, 0.717) is 5.69 Å². The number of nitrogens with zero attached hydrogens (tertiary/aromatic N) is 1. The van der Waals surface area contributed by atoms with Gasteiger partial charge in [-0.25, -0.2) is 4.98 Å². The molecule has 0 spiro atoms. The molecule has 94 valence electrons. The minimum atomic E-state index is -1.14. The van der Waals surface area contributed by atoms with Gasteiger partial charge < -0.3 is 20.6 Å². The van der Waals surface area contributed by atoms with Crippen LogP contribution in [0.15, 0.2) is 30.5 Å². The maximum absolute atomic E-state index is 10.7. The van der Waals surface area contributed by atoms with Crippen LogP contribution in [0.4, 0.5) is 0 Å². The second kappa shape index (κ2) is 4.89. The van der Waals surface area contributed by atoms with Crippen LogP contribution in [0.3, 0.4) is 0 Å². The first-order chi connectivity index (χ1) is 8.61. The Morgan fingerprint density at radius 2 is 2.11 bits per heavy atom. The molecule has 0 bridgehead atoms. The molecule has 0 saturated carbocycles. The van der Waals surface area contributed by atoms with Gasteiger partial charge >= 0.3 is 5.97 Å². The van der Waals surface area contributed by atoms with Crippen LogP contribution in [-0.2, 0) is 4.79 Å². The van der Waals surface area contributed by atoms with E-state index >= 15 is 0 Å². The van der Waals surface area contributed by atoms with Gasteiger partial charge in [0.25, 0.3) is 0 Å². The van der Waals surface area contributed by atoms with E-state index in [1.165, 1.54) is 0 Å². The molecule has 4 N–H and O–H groups in total. The number of aromatic amines is 1. The molecule has 1 heterocycles. The Morgan fingerprint density at radius 3 is 2.67 bits per heavy atom. The van der Waals surface area contributed by atoms with Crippen LogP contribution < -0.4 is 10.5 Å². The summed E-state index contributed by atoms with van der Waals surface area (Å²) >= 11 is 0. The number of methoxy groups -OCH3 is 1. The number of aliphatic carboxylic acids is 1. The number of hydrogen-bond acceptors (Lipinski definition) is 4. The molecule has 0 fully saturated rings. The number of carboxylic acids is 1. The maximum Gasteiger partial charge on any atom is 0.328 e. The summed E-state index contributed by atoms with van der Waals surface area (Å²) in [6, 6.07) is 6.18. The molecule has 1 aromatic heterocycles. The van der Waals surface area contributed by atoms with Crippen molar-refractivity contribution in [2.24, 2.45) is 5.73 Å². The third kappa shape index (κ3) is 2.33. The summed E-state index contributed by atoms with van der Waals surface area (Å²) in [4.78, 5) is 17.6. The molecule has 0 aliphatic rings. The smallest absolute Gasteiger partial charge is 0.328 e. The van der Waals surface area contributed by atoms with Crippen LogP contribution in [0, 0.1) is 0 Å². The Morgan fingerprint density at radius 1 is 1.44 bits per heavy atom. The molecule has 6 heteroatoms. The van der Waals surface area contributed by atoms with E-state index in [-0.39, 0.29) is 5.82 Å². The van der Waals surface area contributed by atoms with Gasteiger partial charge in [0.2, 0.25) is 0 Å². The van der Waals surface area contributed by atoms with Gasteiger partial charge in [-0.3, -0.25) is 4.79 Å². The molecular weight excluding hydrogens is 234 g/mol. The molecule has 1 atom stereocenters. The molecule has 1 aromatic carbocycles. The summed E-state index contributed by atoms with van der Waals surface area (Å²) in [5, 5.41) is 8.78. The van der Waals surface area contributed by atoms with Crippen LogP contribution in [0.25, 0.3) is 11.3 Å². The highest BCUT2D eigenvalue weighted by atomic mass is 16.5. The standard InChI is InChI=1S/C12H13N3O3/c1-18-8-4-2-7(3-5-8)9-6-14-11(15-9)10(13)12(16)17/h2-6,10H,13H2,1H3,(H,14,15)(H,16,17).